The highest BCUT2D eigenvalue weighted by Gasteiger charge is 2.20. The average molecular weight is 553 g/mol. The van der Waals surface area contributed by atoms with Gasteiger partial charge in [-0.3, -0.25) is 0 Å². The van der Waals surface area contributed by atoms with Crippen molar-refractivity contribution >= 4 is 64.9 Å². The van der Waals surface area contributed by atoms with Crippen molar-refractivity contribution in [2.24, 2.45) is 0 Å². The van der Waals surface area contributed by atoms with Crippen LogP contribution in [0.2, 0.25) is 0 Å². The Morgan fingerprint density at radius 2 is 1.00 bits per heavy atom. The molecule has 0 bridgehead atoms. The molecule has 0 saturated carbocycles. The Balaban J connectivity index is 1.34. The third-order valence-corrected chi connectivity index (χ3v) is 9.60. The van der Waals surface area contributed by atoms with Gasteiger partial charge in [-0.15, -0.1) is 11.3 Å². The molecule has 2 aromatic heterocycles. The Morgan fingerprint density at radius 3 is 1.67 bits per heavy atom. The Labute approximate surface area is 246 Å². The van der Waals surface area contributed by atoms with Crippen LogP contribution in [0.4, 0.5) is 0 Å². The molecular weight excluding hydrogens is 529 g/mol. The van der Waals surface area contributed by atoms with Crippen LogP contribution in [-0.2, 0) is 0 Å². The molecule has 0 saturated heterocycles. The third kappa shape index (κ3) is 3.49. The van der Waals surface area contributed by atoms with Crippen molar-refractivity contribution in [1.29, 1.82) is 0 Å². The Kier molecular flexibility index (Phi) is 5.13. The third-order valence-electron chi connectivity index (χ3n) is 8.46. The van der Waals surface area contributed by atoms with E-state index >= 15 is 0 Å². The molecule has 196 valence electrons. The number of benzene rings is 7. The van der Waals surface area contributed by atoms with Crippen molar-refractivity contribution in [3.05, 3.63) is 146 Å². The van der Waals surface area contributed by atoms with E-state index in [-0.39, 0.29) is 0 Å². The summed E-state index contributed by atoms with van der Waals surface area (Å²) in [5.74, 6) is 0. The number of hydrogen-bond acceptors (Lipinski definition) is 2. The van der Waals surface area contributed by atoms with Gasteiger partial charge in [-0.25, -0.2) is 0 Å². The number of furan rings is 1. The van der Waals surface area contributed by atoms with E-state index < -0.39 is 0 Å². The van der Waals surface area contributed by atoms with Crippen LogP contribution in [0.1, 0.15) is 0 Å². The molecule has 1 nitrogen and oxygen atoms in total. The predicted octanol–water partition coefficient (Wildman–Crippen LogP) is 12.1. The first kappa shape index (κ1) is 23.5. The minimum atomic E-state index is 0.928. The van der Waals surface area contributed by atoms with Crippen LogP contribution in [0.3, 0.4) is 0 Å². The zero-order valence-electron chi connectivity index (χ0n) is 22.7. The molecule has 2 heteroatoms. The van der Waals surface area contributed by atoms with Crippen molar-refractivity contribution in [2.45, 2.75) is 0 Å². The molecule has 9 rings (SSSR count). The van der Waals surface area contributed by atoms with E-state index in [0.29, 0.717) is 0 Å². The summed E-state index contributed by atoms with van der Waals surface area (Å²) < 4.78 is 8.05. The molecule has 0 spiro atoms. The molecular formula is C40H24OS. The second kappa shape index (κ2) is 9.17. The number of fused-ring (bicyclic) bond motifs is 6. The van der Waals surface area contributed by atoms with Gasteiger partial charge in [0.15, 0.2) is 0 Å². The smallest absolute Gasteiger partial charge is 0.143 e. The number of thiophene rings is 1. The highest BCUT2D eigenvalue weighted by Crippen LogP contribution is 2.47. The lowest BCUT2D eigenvalue weighted by Gasteiger charge is -2.17. The molecule has 0 N–H and O–H groups in total. The summed E-state index contributed by atoms with van der Waals surface area (Å²) in [5.41, 5.74) is 7.97. The Morgan fingerprint density at radius 1 is 0.429 bits per heavy atom. The van der Waals surface area contributed by atoms with E-state index in [9.17, 15) is 0 Å². The van der Waals surface area contributed by atoms with Gasteiger partial charge < -0.3 is 4.42 Å². The molecule has 0 aliphatic carbocycles. The summed E-state index contributed by atoms with van der Waals surface area (Å²) in [4.78, 5) is 1.28. The monoisotopic (exact) mass is 552 g/mol. The second-order valence-electron chi connectivity index (χ2n) is 10.9. The van der Waals surface area contributed by atoms with Crippen molar-refractivity contribution < 1.29 is 4.42 Å². The Bertz CT molecular complexity index is 2390. The van der Waals surface area contributed by atoms with E-state index in [0.717, 1.165) is 27.5 Å². The van der Waals surface area contributed by atoms with Gasteiger partial charge in [0, 0.05) is 31.5 Å². The maximum atomic E-state index is 6.78. The van der Waals surface area contributed by atoms with Gasteiger partial charge in [-0.2, -0.15) is 0 Å². The molecule has 9 aromatic rings. The lowest BCUT2D eigenvalue weighted by molar-refractivity contribution is 0.670. The molecule has 0 aliphatic heterocycles. The van der Waals surface area contributed by atoms with Crippen molar-refractivity contribution in [1.82, 2.24) is 0 Å². The standard InChI is InChI=1S/C40H24OS/c1-3-12-25(13-4-1)36-23-27-22-35-34(24-37(27)42-36)32-20-11-21-33(40(32)41-35)39-30-18-9-7-16-28(30)38(26-14-5-2-6-15-26)29-17-8-10-19-31(29)39/h1-24H. The molecule has 7 aromatic carbocycles. The largest absolute Gasteiger partial charge is 0.455 e. The SMILES string of the molecule is c1ccc(-c2cc3cc4oc5c(-c6c7ccccc7c(-c7ccccc7)c7ccccc67)cccc5c4cc3s2)cc1. The number of para-hydroxylation sites is 1. The van der Waals surface area contributed by atoms with Crippen LogP contribution in [0.25, 0.3) is 86.3 Å². The fourth-order valence-electron chi connectivity index (χ4n) is 6.61. The maximum absolute atomic E-state index is 6.78. The summed E-state index contributed by atoms with van der Waals surface area (Å²) in [5, 5.41) is 8.50. The van der Waals surface area contributed by atoms with E-state index in [1.807, 2.05) is 11.3 Å². The summed E-state index contributed by atoms with van der Waals surface area (Å²) >= 11 is 1.84. The first-order valence-corrected chi connectivity index (χ1v) is 15.1. The van der Waals surface area contributed by atoms with Gasteiger partial charge >= 0.3 is 0 Å². The topological polar surface area (TPSA) is 13.1 Å². The first-order chi connectivity index (χ1) is 20.8. The lowest BCUT2D eigenvalue weighted by atomic mass is 9.85. The number of hydrogen-bond donors (Lipinski definition) is 0. The zero-order chi connectivity index (χ0) is 27.6. The summed E-state index contributed by atoms with van der Waals surface area (Å²) in [6.07, 6.45) is 0. The zero-order valence-corrected chi connectivity index (χ0v) is 23.5. The van der Waals surface area contributed by atoms with Crippen LogP contribution in [-0.4, -0.2) is 0 Å². The van der Waals surface area contributed by atoms with Gasteiger partial charge in [-0.05, 0) is 61.8 Å². The normalized spacial score (nSPS) is 11.8. The lowest BCUT2D eigenvalue weighted by Crippen LogP contribution is -1.90. The quantitative estimate of drug-likeness (QED) is 0.199. The summed E-state index contributed by atoms with van der Waals surface area (Å²) in [7, 11) is 0. The number of rotatable bonds is 3. The minimum Gasteiger partial charge on any atom is -0.455 e. The van der Waals surface area contributed by atoms with Crippen LogP contribution in [0, 0.1) is 0 Å². The van der Waals surface area contributed by atoms with Crippen LogP contribution in [0.5, 0.6) is 0 Å². The predicted molar refractivity (Wildman–Crippen MR) is 180 cm³/mol. The van der Waals surface area contributed by atoms with Gasteiger partial charge in [0.05, 0.1) is 0 Å². The van der Waals surface area contributed by atoms with E-state index in [1.165, 1.54) is 58.8 Å². The fraction of sp³-hybridized carbons (Fsp3) is 0. The highest BCUT2D eigenvalue weighted by molar-refractivity contribution is 7.22. The average Bonchev–Trinajstić information content (AvgIpc) is 3.64. The van der Waals surface area contributed by atoms with Crippen LogP contribution >= 0.6 is 11.3 Å². The van der Waals surface area contributed by atoms with Crippen molar-refractivity contribution in [3.63, 3.8) is 0 Å². The van der Waals surface area contributed by atoms with E-state index in [4.69, 9.17) is 4.42 Å². The molecule has 42 heavy (non-hydrogen) atoms. The second-order valence-corrected chi connectivity index (χ2v) is 11.9. The summed E-state index contributed by atoms with van der Waals surface area (Å²) in [6.45, 7) is 0. The van der Waals surface area contributed by atoms with Crippen molar-refractivity contribution in [3.8, 4) is 32.7 Å². The van der Waals surface area contributed by atoms with Gasteiger partial charge in [0.2, 0.25) is 0 Å². The molecule has 0 radical (unpaired) electrons. The van der Waals surface area contributed by atoms with Gasteiger partial charge in [0.1, 0.15) is 11.2 Å². The van der Waals surface area contributed by atoms with Crippen LogP contribution < -0.4 is 0 Å². The molecule has 0 fully saturated rings. The highest BCUT2D eigenvalue weighted by atomic mass is 32.1. The minimum absolute atomic E-state index is 0.928. The molecule has 0 amide bonds. The maximum Gasteiger partial charge on any atom is 0.143 e. The first-order valence-electron chi connectivity index (χ1n) is 14.3. The molecule has 2 heterocycles. The van der Waals surface area contributed by atoms with Crippen LogP contribution in [0.15, 0.2) is 150 Å². The molecule has 0 atom stereocenters. The fourth-order valence-corrected chi connectivity index (χ4v) is 7.70. The summed E-state index contributed by atoms with van der Waals surface area (Å²) in [6, 6.07) is 52.4. The van der Waals surface area contributed by atoms with Gasteiger partial charge in [0.25, 0.3) is 0 Å². The molecule has 0 unspecified atom stereocenters. The van der Waals surface area contributed by atoms with Crippen molar-refractivity contribution in [2.75, 3.05) is 0 Å². The van der Waals surface area contributed by atoms with Gasteiger partial charge in [-0.1, -0.05) is 127 Å². The Hall–Kier alpha value is -5.18. The van der Waals surface area contributed by atoms with E-state index in [1.54, 1.807) is 0 Å². The van der Waals surface area contributed by atoms with E-state index in [2.05, 4.69) is 146 Å². The molecule has 0 aliphatic rings.